The van der Waals surface area contributed by atoms with E-state index in [4.69, 9.17) is 9.84 Å². The summed E-state index contributed by atoms with van der Waals surface area (Å²) in [6, 6.07) is 7.42. The monoisotopic (exact) mass is 495 g/mol. The van der Waals surface area contributed by atoms with Crippen LogP contribution in [0.2, 0.25) is 0 Å². The first-order chi connectivity index (χ1) is 17.3. The molecule has 4 rings (SSSR count). The van der Waals surface area contributed by atoms with Gasteiger partial charge in [0, 0.05) is 59.3 Å². The van der Waals surface area contributed by atoms with Gasteiger partial charge in [-0.2, -0.15) is 5.10 Å². The molecule has 3 heterocycles. The second-order valence-electron chi connectivity index (χ2n) is 9.99. The highest BCUT2D eigenvalue weighted by Crippen LogP contribution is 2.30. The van der Waals surface area contributed by atoms with Crippen LogP contribution in [0.25, 0.3) is 22.3 Å². The van der Waals surface area contributed by atoms with Crippen molar-refractivity contribution in [3.63, 3.8) is 0 Å². The Bertz CT molecular complexity index is 1260. The second-order valence-corrected chi connectivity index (χ2v) is 9.99. The fraction of sp³-hybridized carbons (Fsp3) is 0.577. The molecule has 1 aliphatic heterocycles. The van der Waals surface area contributed by atoms with Gasteiger partial charge in [0.1, 0.15) is 5.69 Å². The number of ether oxygens (including phenoxy) is 1. The van der Waals surface area contributed by atoms with Crippen LogP contribution in [-0.4, -0.2) is 76.3 Å². The average Bonchev–Trinajstić information content (AvgIpc) is 3.50. The quantitative estimate of drug-likeness (QED) is 0.426. The zero-order chi connectivity index (χ0) is 25.8. The highest BCUT2D eigenvalue weighted by atomic mass is 16.5. The van der Waals surface area contributed by atoms with Gasteiger partial charge in [0.05, 0.1) is 11.4 Å². The van der Waals surface area contributed by atoms with Crippen molar-refractivity contribution in [1.82, 2.24) is 29.4 Å². The number of aromatic nitrogens is 5. The number of amides is 1. The first kappa shape index (κ1) is 25.8. The Labute approximate surface area is 211 Å². The molecule has 3 aromatic rings. The number of carbonyl (C=O) groups excluding carboxylic acids is 1. The molecule has 10 nitrogen and oxygen atoms in total. The Kier molecular flexibility index (Phi) is 8.03. The molecule has 1 fully saturated rings. The summed E-state index contributed by atoms with van der Waals surface area (Å²) in [6.45, 7) is 6.99. The molecule has 36 heavy (non-hydrogen) atoms. The van der Waals surface area contributed by atoms with E-state index < -0.39 is 0 Å². The van der Waals surface area contributed by atoms with Gasteiger partial charge in [0.2, 0.25) is 11.9 Å². The zero-order valence-electron chi connectivity index (χ0n) is 22.0. The Balaban J connectivity index is 1.77. The predicted octanol–water partition coefficient (Wildman–Crippen LogP) is 2.97. The summed E-state index contributed by atoms with van der Waals surface area (Å²) in [5, 5.41) is 15.3. The van der Waals surface area contributed by atoms with Gasteiger partial charge < -0.3 is 14.5 Å². The van der Waals surface area contributed by atoms with E-state index in [0.717, 1.165) is 43.9 Å². The first-order valence-corrected chi connectivity index (χ1v) is 12.7. The molecule has 0 radical (unpaired) electrons. The van der Waals surface area contributed by atoms with Crippen LogP contribution in [-0.2, 0) is 16.1 Å². The summed E-state index contributed by atoms with van der Waals surface area (Å²) < 4.78 is 8.87. The van der Waals surface area contributed by atoms with E-state index in [9.17, 15) is 9.59 Å². The summed E-state index contributed by atoms with van der Waals surface area (Å²) in [7, 11) is 5.28. The van der Waals surface area contributed by atoms with Crippen LogP contribution in [0.3, 0.4) is 0 Å². The molecule has 0 aliphatic carbocycles. The molecule has 1 aliphatic rings. The highest BCUT2D eigenvalue weighted by molar-refractivity contribution is 5.92. The third kappa shape index (κ3) is 5.28. The number of carbonyl (C=O) groups is 1. The van der Waals surface area contributed by atoms with Gasteiger partial charge in [0.15, 0.2) is 5.82 Å². The van der Waals surface area contributed by atoms with Crippen molar-refractivity contribution in [2.45, 2.75) is 52.1 Å². The van der Waals surface area contributed by atoms with Gasteiger partial charge in [-0.05, 0) is 45.1 Å². The lowest BCUT2D eigenvalue weighted by atomic mass is 10.1. The summed E-state index contributed by atoms with van der Waals surface area (Å²) in [4.78, 5) is 29.2. The Hall–Kier alpha value is -3.27. The van der Waals surface area contributed by atoms with Crippen molar-refractivity contribution < 1.29 is 9.53 Å². The van der Waals surface area contributed by atoms with Gasteiger partial charge in [-0.3, -0.25) is 14.2 Å². The number of benzene rings is 1. The fourth-order valence-corrected chi connectivity index (χ4v) is 4.78. The number of hydrogen-bond acceptors (Lipinski definition) is 7. The molecule has 2 aromatic heterocycles. The molecule has 0 spiro atoms. The molecular weight excluding hydrogens is 458 g/mol. The third-order valence-corrected chi connectivity index (χ3v) is 6.83. The third-order valence-electron chi connectivity index (χ3n) is 6.83. The lowest BCUT2D eigenvalue weighted by Gasteiger charge is -2.20. The maximum atomic E-state index is 13.1. The average molecular weight is 496 g/mol. The maximum absolute atomic E-state index is 13.1. The SMILES string of the molecule is COCCC1CCN(c2nnc(-c3nn(C(C)C)c(=O)c4ccccc34)n2CCCC(=O)N(C)C)C1. The minimum absolute atomic E-state index is 0.0870. The van der Waals surface area contributed by atoms with Crippen LogP contribution in [0.15, 0.2) is 29.1 Å². The van der Waals surface area contributed by atoms with Crippen LogP contribution in [0.1, 0.15) is 45.6 Å². The number of rotatable bonds is 10. The van der Waals surface area contributed by atoms with E-state index in [1.165, 1.54) is 4.68 Å². The summed E-state index contributed by atoms with van der Waals surface area (Å²) in [5.41, 5.74) is 0.513. The Morgan fingerprint density at radius 1 is 1.19 bits per heavy atom. The Morgan fingerprint density at radius 3 is 2.64 bits per heavy atom. The molecule has 1 atom stereocenters. The summed E-state index contributed by atoms with van der Waals surface area (Å²) >= 11 is 0. The highest BCUT2D eigenvalue weighted by Gasteiger charge is 2.28. The van der Waals surface area contributed by atoms with Crippen LogP contribution >= 0.6 is 0 Å². The summed E-state index contributed by atoms with van der Waals surface area (Å²) in [5.74, 6) is 2.03. The van der Waals surface area contributed by atoms with Crippen molar-refractivity contribution in [2.24, 2.45) is 5.92 Å². The molecular formula is C26H37N7O3. The lowest BCUT2D eigenvalue weighted by molar-refractivity contribution is -0.128. The standard InChI is InChI=1S/C26H37N7O3/c1-18(2)33-25(35)21-10-7-6-9-20(21)23(29-33)24-27-28-26(31-15-12-19(17-31)13-16-36-5)32(24)14-8-11-22(34)30(3)4/h6-7,9-10,18-19H,8,11-17H2,1-5H3. The van der Waals surface area contributed by atoms with E-state index in [-0.39, 0.29) is 17.5 Å². The molecule has 10 heteroatoms. The lowest BCUT2D eigenvalue weighted by Crippen LogP contribution is -2.27. The van der Waals surface area contributed by atoms with Gasteiger partial charge >= 0.3 is 0 Å². The normalized spacial score (nSPS) is 15.8. The minimum Gasteiger partial charge on any atom is -0.385 e. The molecule has 194 valence electrons. The van der Waals surface area contributed by atoms with Gasteiger partial charge in [0.25, 0.3) is 5.56 Å². The van der Waals surface area contributed by atoms with Crippen LogP contribution < -0.4 is 10.5 Å². The number of hydrogen-bond donors (Lipinski definition) is 0. The largest absolute Gasteiger partial charge is 0.385 e. The van der Waals surface area contributed by atoms with E-state index in [1.807, 2.05) is 38.1 Å². The van der Waals surface area contributed by atoms with Crippen LogP contribution in [0, 0.1) is 5.92 Å². The molecule has 1 unspecified atom stereocenters. The number of anilines is 1. The van der Waals surface area contributed by atoms with Crippen LogP contribution in [0.5, 0.6) is 0 Å². The number of fused-ring (bicyclic) bond motifs is 1. The van der Waals surface area contributed by atoms with Crippen molar-refractivity contribution in [2.75, 3.05) is 45.8 Å². The fourth-order valence-electron chi connectivity index (χ4n) is 4.78. The predicted molar refractivity (Wildman–Crippen MR) is 140 cm³/mol. The second kappa shape index (κ2) is 11.2. The van der Waals surface area contributed by atoms with Gasteiger partial charge in [-0.1, -0.05) is 18.2 Å². The smallest absolute Gasteiger partial charge is 0.274 e. The number of methoxy groups -OCH3 is 1. The summed E-state index contributed by atoms with van der Waals surface area (Å²) in [6.07, 6.45) is 3.17. The minimum atomic E-state index is -0.118. The molecule has 0 saturated carbocycles. The molecule has 1 aromatic carbocycles. The topological polar surface area (TPSA) is 98.4 Å². The van der Waals surface area contributed by atoms with Crippen molar-refractivity contribution in [3.05, 3.63) is 34.6 Å². The maximum Gasteiger partial charge on any atom is 0.274 e. The van der Waals surface area contributed by atoms with E-state index in [1.54, 1.807) is 26.1 Å². The van der Waals surface area contributed by atoms with Crippen molar-refractivity contribution >= 4 is 22.6 Å². The van der Waals surface area contributed by atoms with E-state index in [2.05, 4.69) is 19.7 Å². The van der Waals surface area contributed by atoms with Gasteiger partial charge in [-0.15, -0.1) is 10.2 Å². The molecule has 1 saturated heterocycles. The molecule has 0 bridgehead atoms. The van der Waals surface area contributed by atoms with Crippen molar-refractivity contribution in [1.29, 1.82) is 0 Å². The van der Waals surface area contributed by atoms with E-state index >= 15 is 0 Å². The van der Waals surface area contributed by atoms with Gasteiger partial charge in [-0.25, -0.2) is 4.68 Å². The zero-order valence-corrected chi connectivity index (χ0v) is 22.0. The molecule has 1 amide bonds. The Morgan fingerprint density at radius 2 is 1.94 bits per heavy atom. The number of nitrogens with zero attached hydrogens (tertiary/aromatic N) is 7. The molecule has 0 N–H and O–H groups in total. The van der Waals surface area contributed by atoms with Crippen molar-refractivity contribution in [3.8, 4) is 11.5 Å². The van der Waals surface area contributed by atoms with E-state index in [0.29, 0.717) is 42.2 Å². The first-order valence-electron chi connectivity index (χ1n) is 12.7. The van der Waals surface area contributed by atoms with Crippen LogP contribution in [0.4, 0.5) is 5.95 Å².